The Morgan fingerprint density at radius 1 is 1.64 bits per heavy atom. The predicted octanol–water partition coefficient (Wildman–Crippen LogP) is -1.27. The van der Waals surface area contributed by atoms with Gasteiger partial charge in [0.2, 0.25) is 0 Å². The third-order valence-electron chi connectivity index (χ3n) is 1.71. The molecule has 0 aromatic carbocycles. The maximum atomic E-state index is 10.8. The quantitative estimate of drug-likeness (QED) is 0.252. The lowest BCUT2D eigenvalue weighted by atomic mass is 10.0. The Balaban J connectivity index is 2.49. The van der Waals surface area contributed by atoms with Crippen LogP contribution in [0.2, 0.25) is 0 Å². The number of nitrogens with one attached hydrogen (secondary N) is 1. The second-order valence-corrected chi connectivity index (χ2v) is 2.29. The molecule has 0 aromatic heterocycles. The van der Waals surface area contributed by atoms with Crippen LogP contribution < -0.4 is 11.3 Å². The van der Waals surface area contributed by atoms with E-state index in [1.54, 1.807) is 0 Å². The van der Waals surface area contributed by atoms with E-state index in [1.807, 2.05) is 5.43 Å². The van der Waals surface area contributed by atoms with Crippen molar-refractivity contribution in [2.75, 3.05) is 6.54 Å². The maximum absolute atomic E-state index is 10.8. The fraction of sp³-hybridized carbons (Fsp3) is 0.600. The summed E-state index contributed by atoms with van der Waals surface area (Å²) in [5.74, 6) is 4.38. The van der Waals surface area contributed by atoms with Crippen molar-refractivity contribution in [1.29, 1.82) is 0 Å². The predicted molar refractivity (Wildman–Crippen MR) is 35.5 cm³/mol. The molecule has 11 heavy (non-hydrogen) atoms. The molecule has 1 atom stereocenters. The van der Waals surface area contributed by atoms with E-state index >= 15 is 0 Å². The number of rotatable bonds is 1. The topological polar surface area (TPSA) is 95.7 Å². The maximum Gasteiger partial charge on any atom is 0.407 e. The first-order valence-electron chi connectivity index (χ1n) is 3.17. The molecule has 1 rings (SSSR count). The van der Waals surface area contributed by atoms with E-state index in [4.69, 9.17) is 10.9 Å². The highest BCUT2D eigenvalue weighted by atomic mass is 16.4. The van der Waals surface area contributed by atoms with E-state index in [1.165, 1.54) is 0 Å². The minimum absolute atomic E-state index is 0.410. The first kappa shape index (κ1) is 7.80. The molecule has 1 saturated heterocycles. The Morgan fingerprint density at radius 3 is 2.55 bits per heavy atom. The summed E-state index contributed by atoms with van der Waals surface area (Å²) in [4.78, 5) is 22.1. The number of amides is 2. The molecule has 0 spiro atoms. The number of carboxylic acid groups (broad SMARTS) is 1. The number of carbonyl (C=O) groups excluding carboxylic acids is 1. The molecular formula is C5H9N3O3. The second-order valence-electron chi connectivity index (χ2n) is 2.29. The number of nitrogens with zero attached hydrogens (tertiary/aromatic N) is 1. The van der Waals surface area contributed by atoms with Gasteiger partial charge in [-0.2, -0.15) is 0 Å². The fourth-order valence-corrected chi connectivity index (χ4v) is 0.985. The van der Waals surface area contributed by atoms with E-state index in [2.05, 4.69) is 0 Å². The Labute approximate surface area is 62.9 Å². The zero-order chi connectivity index (χ0) is 8.43. The van der Waals surface area contributed by atoms with Gasteiger partial charge >= 0.3 is 6.09 Å². The molecule has 4 N–H and O–H groups in total. The van der Waals surface area contributed by atoms with Gasteiger partial charge in [0.05, 0.1) is 0 Å². The van der Waals surface area contributed by atoms with E-state index in [9.17, 15) is 9.59 Å². The molecule has 1 fully saturated rings. The number of nitrogens with two attached hydrogens (primary N) is 1. The zero-order valence-corrected chi connectivity index (χ0v) is 5.78. The van der Waals surface area contributed by atoms with E-state index in [0.29, 0.717) is 13.0 Å². The van der Waals surface area contributed by atoms with Crippen LogP contribution in [0.5, 0.6) is 0 Å². The summed E-state index contributed by atoms with van der Waals surface area (Å²) in [6.07, 6.45) is -0.528. The van der Waals surface area contributed by atoms with Crippen molar-refractivity contribution in [2.24, 2.45) is 5.84 Å². The molecule has 62 valence electrons. The highest BCUT2D eigenvalue weighted by Crippen LogP contribution is 2.16. The second kappa shape index (κ2) is 2.75. The summed E-state index contributed by atoms with van der Waals surface area (Å²) in [5, 5.41) is 8.45. The summed E-state index contributed by atoms with van der Waals surface area (Å²) in [5.41, 5.74) is 1.91. The molecule has 1 aliphatic rings. The summed E-state index contributed by atoms with van der Waals surface area (Å²) < 4.78 is 0. The molecule has 0 radical (unpaired) electrons. The Bertz CT molecular complexity index is 193. The largest absolute Gasteiger partial charge is 0.465 e. The smallest absolute Gasteiger partial charge is 0.407 e. The third kappa shape index (κ3) is 1.25. The van der Waals surface area contributed by atoms with Crippen LogP contribution in [-0.2, 0) is 4.79 Å². The number of hydrogen-bond acceptors (Lipinski definition) is 3. The SMILES string of the molecule is NNC(=O)C1CCN1C(=O)O. The summed E-state index contributed by atoms with van der Waals surface area (Å²) >= 11 is 0. The zero-order valence-electron chi connectivity index (χ0n) is 5.78. The minimum atomic E-state index is -1.08. The van der Waals surface area contributed by atoms with Gasteiger partial charge in [-0.15, -0.1) is 0 Å². The van der Waals surface area contributed by atoms with Crippen LogP contribution in [0.25, 0.3) is 0 Å². The number of hydrazine groups is 1. The molecule has 6 nitrogen and oxygen atoms in total. The van der Waals surface area contributed by atoms with Crippen molar-refractivity contribution in [3.05, 3.63) is 0 Å². The highest BCUT2D eigenvalue weighted by Gasteiger charge is 2.37. The van der Waals surface area contributed by atoms with Gasteiger partial charge in [-0.25, -0.2) is 10.6 Å². The fourth-order valence-electron chi connectivity index (χ4n) is 0.985. The molecule has 0 aliphatic carbocycles. The normalized spacial score (nSPS) is 22.3. The Morgan fingerprint density at radius 2 is 2.27 bits per heavy atom. The molecule has 2 amide bonds. The minimum Gasteiger partial charge on any atom is -0.465 e. The van der Waals surface area contributed by atoms with Gasteiger partial charge in [0.15, 0.2) is 0 Å². The lowest BCUT2D eigenvalue weighted by Crippen LogP contribution is -2.58. The monoisotopic (exact) mass is 159 g/mol. The standard InChI is InChI=1S/C5H9N3O3/c6-7-4(9)3-1-2-8(3)5(10)11/h3H,1-2,6H2,(H,7,9)(H,10,11). The summed E-state index contributed by atoms with van der Waals surface area (Å²) in [6.45, 7) is 0.410. The van der Waals surface area contributed by atoms with Crippen molar-refractivity contribution in [3.8, 4) is 0 Å². The molecular weight excluding hydrogens is 150 g/mol. The van der Waals surface area contributed by atoms with E-state index < -0.39 is 18.0 Å². The average Bonchev–Trinajstić information content (AvgIpc) is 1.83. The van der Waals surface area contributed by atoms with Crippen LogP contribution in [0.3, 0.4) is 0 Å². The van der Waals surface area contributed by atoms with Crippen molar-refractivity contribution in [3.63, 3.8) is 0 Å². The van der Waals surface area contributed by atoms with Gasteiger partial charge in [-0.3, -0.25) is 15.1 Å². The van der Waals surface area contributed by atoms with Crippen LogP contribution in [0.1, 0.15) is 6.42 Å². The van der Waals surface area contributed by atoms with Crippen LogP contribution in [-0.4, -0.2) is 34.6 Å². The number of carbonyl (C=O) groups is 2. The van der Waals surface area contributed by atoms with Gasteiger partial charge in [-0.1, -0.05) is 0 Å². The lowest BCUT2D eigenvalue weighted by molar-refractivity contribution is -0.129. The van der Waals surface area contributed by atoms with Crippen molar-refractivity contribution in [1.82, 2.24) is 10.3 Å². The average molecular weight is 159 g/mol. The molecule has 6 heteroatoms. The molecule has 0 bridgehead atoms. The Kier molecular flexibility index (Phi) is 1.95. The first-order valence-corrected chi connectivity index (χ1v) is 3.17. The van der Waals surface area contributed by atoms with Crippen LogP contribution in [0.15, 0.2) is 0 Å². The summed E-state index contributed by atoms with van der Waals surface area (Å²) in [6, 6.07) is -0.586. The van der Waals surface area contributed by atoms with E-state index in [0.717, 1.165) is 4.90 Å². The third-order valence-corrected chi connectivity index (χ3v) is 1.71. The molecule has 1 heterocycles. The van der Waals surface area contributed by atoms with Crippen LogP contribution >= 0.6 is 0 Å². The molecule has 1 unspecified atom stereocenters. The highest BCUT2D eigenvalue weighted by molar-refractivity contribution is 5.86. The van der Waals surface area contributed by atoms with Crippen molar-refractivity contribution in [2.45, 2.75) is 12.5 Å². The van der Waals surface area contributed by atoms with Crippen molar-refractivity contribution < 1.29 is 14.7 Å². The van der Waals surface area contributed by atoms with Crippen LogP contribution in [0, 0.1) is 0 Å². The molecule has 1 aliphatic heterocycles. The van der Waals surface area contributed by atoms with Gasteiger partial charge < -0.3 is 5.11 Å². The number of hydrogen-bond donors (Lipinski definition) is 3. The van der Waals surface area contributed by atoms with Gasteiger partial charge in [0.1, 0.15) is 6.04 Å². The van der Waals surface area contributed by atoms with E-state index in [-0.39, 0.29) is 0 Å². The first-order chi connectivity index (χ1) is 5.16. The summed E-state index contributed by atoms with van der Waals surface area (Å²) in [7, 11) is 0. The lowest BCUT2D eigenvalue weighted by Gasteiger charge is -2.36. The Hall–Kier alpha value is -1.30. The molecule has 0 aromatic rings. The number of likely N-dealkylation sites (tertiary alicyclic amines) is 1. The van der Waals surface area contributed by atoms with Crippen molar-refractivity contribution >= 4 is 12.0 Å². The van der Waals surface area contributed by atoms with Gasteiger partial charge in [-0.05, 0) is 6.42 Å². The van der Waals surface area contributed by atoms with Crippen LogP contribution in [0.4, 0.5) is 4.79 Å². The molecule has 0 saturated carbocycles. The van der Waals surface area contributed by atoms with Gasteiger partial charge in [0.25, 0.3) is 5.91 Å². The van der Waals surface area contributed by atoms with Gasteiger partial charge in [0, 0.05) is 6.54 Å².